The van der Waals surface area contributed by atoms with Gasteiger partial charge in [-0.25, -0.2) is 9.29 Å². The molecule has 1 aromatic heterocycles. The van der Waals surface area contributed by atoms with Gasteiger partial charge in [0.25, 0.3) is 0 Å². The van der Waals surface area contributed by atoms with E-state index in [-0.39, 0.29) is 0 Å². The molecule has 0 amide bonds. The zero-order valence-electron chi connectivity index (χ0n) is 13.6. The van der Waals surface area contributed by atoms with Crippen molar-refractivity contribution in [1.29, 1.82) is 0 Å². The number of aromatic nitrogens is 2. The van der Waals surface area contributed by atoms with Crippen LogP contribution in [0.2, 0.25) is 0 Å². The number of hydrogen-bond donors (Lipinski definition) is 1. The zero-order valence-corrected chi connectivity index (χ0v) is 14.4. The van der Waals surface area contributed by atoms with E-state index in [9.17, 15) is 0 Å². The van der Waals surface area contributed by atoms with Gasteiger partial charge in [-0.15, -0.1) is 0 Å². The Hall–Kier alpha value is -2.04. The van der Waals surface area contributed by atoms with E-state index >= 15 is 0 Å². The molecule has 1 saturated heterocycles. The maximum Gasteiger partial charge on any atom is 0.109 e. The molecule has 1 aliphatic rings. The second kappa shape index (κ2) is 7.24. The van der Waals surface area contributed by atoms with Crippen LogP contribution in [0.3, 0.4) is 0 Å². The third-order valence-electron chi connectivity index (χ3n) is 4.56. The minimum atomic E-state index is 0.581. The van der Waals surface area contributed by atoms with Crippen LogP contribution in [0.25, 0.3) is 11.1 Å². The highest BCUT2D eigenvalue weighted by Crippen LogP contribution is 2.32. The molecule has 1 N–H and O–H groups in total. The quantitative estimate of drug-likeness (QED) is 0.684. The highest BCUT2D eigenvalue weighted by atomic mass is 32.2. The Morgan fingerprint density at radius 2 is 1.62 bits per heavy atom. The molecule has 0 aliphatic carbocycles. The van der Waals surface area contributed by atoms with Crippen LogP contribution in [0.5, 0.6) is 0 Å². The van der Waals surface area contributed by atoms with Crippen molar-refractivity contribution in [3.05, 3.63) is 72.8 Å². The minimum Gasteiger partial charge on any atom is -0.348 e. The fraction of sp³-hybridized carbons (Fsp3) is 0.250. The lowest BCUT2D eigenvalue weighted by Crippen LogP contribution is -2.27. The summed E-state index contributed by atoms with van der Waals surface area (Å²) >= 11 is 1.87. The second-order valence-corrected chi connectivity index (χ2v) is 7.33. The van der Waals surface area contributed by atoms with Crippen LogP contribution in [-0.4, -0.2) is 27.4 Å². The van der Waals surface area contributed by atoms with Crippen molar-refractivity contribution < 1.29 is 0 Å². The Balaban J connectivity index is 1.35. The molecule has 0 unspecified atom stereocenters. The van der Waals surface area contributed by atoms with Crippen LogP contribution < -0.4 is 0 Å². The minimum absolute atomic E-state index is 0.581. The van der Waals surface area contributed by atoms with Crippen LogP contribution in [0.1, 0.15) is 24.6 Å². The summed E-state index contributed by atoms with van der Waals surface area (Å²) in [6.45, 7) is 2.22. The topological polar surface area (TPSA) is 31.9 Å². The molecule has 122 valence electrons. The van der Waals surface area contributed by atoms with Crippen molar-refractivity contribution in [2.75, 3.05) is 13.1 Å². The van der Waals surface area contributed by atoms with Crippen LogP contribution >= 0.6 is 11.9 Å². The number of nitrogens with one attached hydrogen (secondary N) is 1. The van der Waals surface area contributed by atoms with Gasteiger partial charge in [-0.3, -0.25) is 0 Å². The van der Waals surface area contributed by atoms with Gasteiger partial charge >= 0.3 is 0 Å². The third kappa shape index (κ3) is 3.55. The van der Waals surface area contributed by atoms with Gasteiger partial charge in [0, 0.05) is 36.3 Å². The van der Waals surface area contributed by atoms with Crippen LogP contribution in [0.4, 0.5) is 0 Å². The monoisotopic (exact) mass is 335 g/mol. The molecule has 0 saturated carbocycles. The van der Waals surface area contributed by atoms with Gasteiger partial charge in [0.1, 0.15) is 5.82 Å². The van der Waals surface area contributed by atoms with Crippen LogP contribution in [0.15, 0.2) is 71.9 Å². The van der Waals surface area contributed by atoms with Crippen molar-refractivity contribution in [1.82, 2.24) is 14.3 Å². The van der Waals surface area contributed by atoms with Gasteiger partial charge in [-0.05, 0) is 48.0 Å². The zero-order chi connectivity index (χ0) is 16.2. The number of imidazole rings is 1. The Morgan fingerprint density at radius 3 is 2.29 bits per heavy atom. The van der Waals surface area contributed by atoms with E-state index in [2.05, 4.69) is 68.9 Å². The van der Waals surface area contributed by atoms with E-state index in [1.165, 1.54) is 28.9 Å². The molecule has 0 radical (unpaired) electrons. The first-order valence-corrected chi connectivity index (χ1v) is 9.23. The number of nitrogens with zero attached hydrogens (tertiary/aromatic N) is 2. The number of aromatic amines is 1. The Kier molecular flexibility index (Phi) is 4.67. The predicted molar refractivity (Wildman–Crippen MR) is 99.9 cm³/mol. The lowest BCUT2D eigenvalue weighted by atomic mass is 9.98. The van der Waals surface area contributed by atoms with E-state index in [4.69, 9.17) is 0 Å². The number of H-pyrrole nitrogens is 1. The van der Waals surface area contributed by atoms with Gasteiger partial charge in [0.2, 0.25) is 0 Å². The van der Waals surface area contributed by atoms with Gasteiger partial charge in [-0.1, -0.05) is 42.5 Å². The fourth-order valence-corrected chi connectivity index (χ4v) is 4.16. The number of piperidine rings is 1. The highest BCUT2D eigenvalue weighted by molar-refractivity contribution is 7.97. The fourth-order valence-electron chi connectivity index (χ4n) is 3.21. The molecule has 3 aromatic rings. The molecule has 0 atom stereocenters. The molecule has 2 aromatic carbocycles. The van der Waals surface area contributed by atoms with Crippen molar-refractivity contribution in [3.8, 4) is 11.1 Å². The molecule has 24 heavy (non-hydrogen) atoms. The standard InChI is InChI=1S/C20H21N3S/c1-2-4-16(5-3-1)17-6-8-19(9-7-17)24-23-14-10-18(11-15-23)20-21-12-13-22-20/h1-9,12-13,18H,10-11,14-15H2,(H,21,22). The largest absolute Gasteiger partial charge is 0.348 e. The van der Waals surface area contributed by atoms with Crippen molar-refractivity contribution in [2.45, 2.75) is 23.7 Å². The summed E-state index contributed by atoms with van der Waals surface area (Å²) in [6, 6.07) is 19.4. The molecule has 2 heterocycles. The van der Waals surface area contributed by atoms with Gasteiger partial charge in [-0.2, -0.15) is 0 Å². The van der Waals surface area contributed by atoms with E-state index in [1.807, 2.05) is 24.3 Å². The summed E-state index contributed by atoms with van der Waals surface area (Å²) in [5, 5.41) is 0. The third-order valence-corrected chi connectivity index (χ3v) is 5.66. The van der Waals surface area contributed by atoms with Gasteiger partial charge < -0.3 is 4.98 Å². The molecular formula is C20H21N3S. The van der Waals surface area contributed by atoms with Gasteiger partial charge in [0.05, 0.1) is 0 Å². The van der Waals surface area contributed by atoms with Crippen molar-refractivity contribution in [2.24, 2.45) is 0 Å². The number of rotatable bonds is 4. The summed E-state index contributed by atoms with van der Waals surface area (Å²) < 4.78 is 2.47. The molecular weight excluding hydrogens is 314 g/mol. The smallest absolute Gasteiger partial charge is 0.109 e. The van der Waals surface area contributed by atoms with Crippen molar-refractivity contribution >= 4 is 11.9 Å². The summed E-state index contributed by atoms with van der Waals surface area (Å²) in [6.07, 6.45) is 6.11. The molecule has 4 rings (SSSR count). The molecule has 4 heteroatoms. The summed E-state index contributed by atoms with van der Waals surface area (Å²) in [4.78, 5) is 8.97. The lowest BCUT2D eigenvalue weighted by molar-refractivity contribution is 0.339. The summed E-state index contributed by atoms with van der Waals surface area (Å²) in [5.74, 6) is 1.73. The van der Waals surface area contributed by atoms with E-state index in [0.717, 1.165) is 18.9 Å². The normalized spacial score (nSPS) is 16.3. The molecule has 0 bridgehead atoms. The maximum atomic E-state index is 4.41. The first-order valence-electron chi connectivity index (χ1n) is 8.46. The molecule has 1 aliphatic heterocycles. The predicted octanol–water partition coefficient (Wildman–Crippen LogP) is 4.96. The highest BCUT2D eigenvalue weighted by Gasteiger charge is 2.22. The number of hydrogen-bond acceptors (Lipinski definition) is 3. The first-order chi connectivity index (χ1) is 11.9. The number of benzene rings is 2. The Bertz CT molecular complexity index is 745. The van der Waals surface area contributed by atoms with Crippen LogP contribution in [0, 0.1) is 0 Å². The molecule has 1 fully saturated rings. The van der Waals surface area contributed by atoms with E-state index in [1.54, 1.807) is 0 Å². The first kappa shape index (κ1) is 15.5. The Morgan fingerprint density at radius 1 is 0.917 bits per heavy atom. The van der Waals surface area contributed by atoms with E-state index in [0.29, 0.717) is 5.92 Å². The Labute approximate surface area is 147 Å². The summed E-state index contributed by atoms with van der Waals surface area (Å²) in [7, 11) is 0. The molecule has 3 nitrogen and oxygen atoms in total. The lowest BCUT2D eigenvalue weighted by Gasteiger charge is -2.30. The molecule has 0 spiro atoms. The second-order valence-electron chi connectivity index (χ2n) is 6.16. The maximum absolute atomic E-state index is 4.41. The SMILES string of the molecule is c1ccc(-c2ccc(SN3CCC(c4ncc[nH]4)CC3)cc2)cc1. The average Bonchev–Trinajstić information content (AvgIpc) is 3.18. The average molecular weight is 335 g/mol. The van der Waals surface area contributed by atoms with E-state index < -0.39 is 0 Å². The van der Waals surface area contributed by atoms with Gasteiger partial charge in [0.15, 0.2) is 0 Å². The van der Waals surface area contributed by atoms with Crippen molar-refractivity contribution in [3.63, 3.8) is 0 Å². The van der Waals surface area contributed by atoms with Crippen LogP contribution in [-0.2, 0) is 0 Å². The summed E-state index contributed by atoms with van der Waals surface area (Å²) in [5.41, 5.74) is 2.55.